The van der Waals surface area contributed by atoms with Gasteiger partial charge >= 0.3 is 5.97 Å². The Balaban J connectivity index is 3.63. The quantitative estimate of drug-likeness (QED) is 0.274. The van der Waals surface area contributed by atoms with Crippen molar-refractivity contribution in [1.29, 1.82) is 0 Å². The van der Waals surface area contributed by atoms with Crippen LogP contribution in [-0.4, -0.2) is 24.5 Å². The topological polar surface area (TPSA) is 80.7 Å². The summed E-state index contributed by atoms with van der Waals surface area (Å²) in [5, 5.41) is 8.15. The fourth-order valence-corrected chi connectivity index (χ4v) is 2.38. The molecule has 0 saturated heterocycles. The van der Waals surface area contributed by atoms with Gasteiger partial charge in [0.1, 0.15) is 0 Å². The highest BCUT2D eigenvalue weighted by Gasteiger charge is 2.14. The first-order valence-electron chi connectivity index (χ1n) is 6.94. The van der Waals surface area contributed by atoms with Crippen molar-refractivity contribution in [2.45, 2.75) is 71.1 Å². The molecule has 0 bridgehead atoms. The molecule has 6 heteroatoms. The normalized spacial score (nSPS) is 10.2. The molecule has 0 unspecified atom stereocenters. The minimum absolute atomic E-state index is 0.130. The molecule has 0 fully saturated rings. The molecule has 0 aliphatic heterocycles. The average molecular weight is 292 g/mol. The second-order valence-electron chi connectivity index (χ2n) is 4.62. The van der Waals surface area contributed by atoms with Gasteiger partial charge in [0.15, 0.2) is 4.86 Å². The lowest BCUT2D eigenvalue weighted by atomic mass is 10.1. The van der Waals surface area contributed by atoms with Crippen LogP contribution in [0.3, 0.4) is 0 Å². The highest BCUT2D eigenvalue weighted by atomic mass is 32.2. The summed E-state index contributed by atoms with van der Waals surface area (Å²) in [4.78, 5) is 14.0. The lowest BCUT2D eigenvalue weighted by molar-refractivity contribution is -0.225. The molecule has 0 aliphatic rings. The first-order chi connectivity index (χ1) is 9.13. The van der Waals surface area contributed by atoms with E-state index in [1.54, 1.807) is 0 Å². The van der Waals surface area contributed by atoms with Crippen LogP contribution < -0.4 is 0 Å². The number of hydrogen-bond donors (Lipinski definition) is 1. The molecule has 0 heterocycles. The van der Waals surface area contributed by atoms with Crippen molar-refractivity contribution < 1.29 is 23.4 Å². The lowest BCUT2D eigenvalue weighted by Crippen LogP contribution is -2.16. The summed E-state index contributed by atoms with van der Waals surface area (Å²) < 4.78 is 21.4. The van der Waals surface area contributed by atoms with Crippen molar-refractivity contribution in [2.24, 2.45) is 0 Å². The third-order valence-corrected chi connectivity index (χ3v) is 3.79. The molecule has 0 atom stereocenters. The molecule has 0 saturated carbocycles. The Bertz CT molecular complexity index is 364. The molecule has 0 rings (SSSR count). The van der Waals surface area contributed by atoms with Crippen LogP contribution in [0.15, 0.2) is 0 Å². The highest BCUT2D eigenvalue weighted by molar-refractivity contribution is 7.74. The van der Waals surface area contributed by atoms with Gasteiger partial charge in [-0.1, -0.05) is 58.3 Å². The van der Waals surface area contributed by atoms with Gasteiger partial charge in [0.2, 0.25) is 10.3 Å². The molecular formula is C13H24O5S. The molecule has 0 aliphatic carbocycles. The highest BCUT2D eigenvalue weighted by Crippen LogP contribution is 2.10. The Kier molecular flexibility index (Phi) is 11.6. The second-order valence-corrected chi connectivity index (χ2v) is 5.58. The molecule has 5 nitrogen and oxygen atoms in total. The van der Waals surface area contributed by atoms with Crippen molar-refractivity contribution >= 4 is 21.1 Å². The molecule has 0 radical (unpaired) electrons. The summed E-state index contributed by atoms with van der Waals surface area (Å²) in [5.74, 6) is -1.17. The van der Waals surface area contributed by atoms with Gasteiger partial charge < -0.3 is 0 Å². The van der Waals surface area contributed by atoms with Gasteiger partial charge in [0, 0.05) is 0 Å². The van der Waals surface area contributed by atoms with Gasteiger partial charge in [0.05, 0.1) is 0 Å². The van der Waals surface area contributed by atoms with Gasteiger partial charge in [-0.3, -0.25) is 4.89 Å². The summed E-state index contributed by atoms with van der Waals surface area (Å²) in [5.41, 5.74) is 0. The predicted molar refractivity (Wildman–Crippen MR) is 74.5 cm³/mol. The van der Waals surface area contributed by atoms with E-state index in [-0.39, 0.29) is 11.3 Å². The van der Waals surface area contributed by atoms with Crippen LogP contribution in [0.5, 0.6) is 0 Å². The Morgan fingerprint density at radius 1 is 0.947 bits per heavy atom. The fraction of sp³-hybridized carbons (Fsp3) is 0.846. The van der Waals surface area contributed by atoms with Crippen molar-refractivity contribution in [3.05, 3.63) is 0 Å². The largest absolute Gasteiger partial charge is 0.384 e. The average Bonchev–Trinajstić information content (AvgIpc) is 2.40. The first kappa shape index (κ1) is 18.1. The summed E-state index contributed by atoms with van der Waals surface area (Å²) in [7, 11) is -2.61. The standard InChI is InChI=1S/C13H24O5S/c1-2-3-4-5-6-7-8-9-10-11-12(19(16)17)13(14)18-15/h15H,2-11H2,1H3. The van der Waals surface area contributed by atoms with Crippen LogP contribution in [0.2, 0.25) is 0 Å². The molecule has 0 aromatic carbocycles. The summed E-state index contributed by atoms with van der Waals surface area (Å²) in [6.45, 7) is 2.19. The summed E-state index contributed by atoms with van der Waals surface area (Å²) in [6, 6.07) is 0. The Hall–Kier alpha value is -0.880. The Morgan fingerprint density at radius 2 is 1.42 bits per heavy atom. The lowest BCUT2D eigenvalue weighted by Gasteiger charge is -2.02. The molecule has 0 aromatic heterocycles. The van der Waals surface area contributed by atoms with E-state index in [4.69, 9.17) is 5.26 Å². The summed E-state index contributed by atoms with van der Waals surface area (Å²) in [6.07, 6.45) is 10.1. The minimum Gasteiger partial charge on any atom is -0.295 e. The van der Waals surface area contributed by atoms with Gasteiger partial charge in [-0.15, -0.1) is 0 Å². The Morgan fingerprint density at radius 3 is 1.84 bits per heavy atom. The number of carbonyl (C=O) groups excluding carboxylic acids is 1. The first-order valence-corrected chi connectivity index (χ1v) is 8.01. The molecule has 0 aromatic rings. The van der Waals surface area contributed by atoms with E-state index in [9.17, 15) is 13.2 Å². The van der Waals surface area contributed by atoms with E-state index in [1.165, 1.54) is 32.1 Å². The van der Waals surface area contributed by atoms with E-state index < -0.39 is 16.3 Å². The van der Waals surface area contributed by atoms with E-state index in [2.05, 4.69) is 11.8 Å². The third kappa shape index (κ3) is 9.67. The fourth-order valence-electron chi connectivity index (χ4n) is 1.90. The van der Waals surface area contributed by atoms with Crippen LogP contribution in [0.4, 0.5) is 0 Å². The Labute approximate surface area is 116 Å². The van der Waals surface area contributed by atoms with E-state index in [0.717, 1.165) is 19.3 Å². The van der Waals surface area contributed by atoms with Crippen molar-refractivity contribution in [3.8, 4) is 0 Å². The van der Waals surface area contributed by atoms with Gasteiger partial charge in [-0.05, 0) is 12.8 Å². The monoisotopic (exact) mass is 292 g/mol. The smallest absolute Gasteiger partial charge is 0.295 e. The summed E-state index contributed by atoms with van der Waals surface area (Å²) >= 11 is 0. The van der Waals surface area contributed by atoms with E-state index in [0.29, 0.717) is 6.42 Å². The van der Waals surface area contributed by atoms with Crippen molar-refractivity contribution in [2.75, 3.05) is 0 Å². The van der Waals surface area contributed by atoms with Crippen molar-refractivity contribution in [1.82, 2.24) is 0 Å². The van der Waals surface area contributed by atoms with E-state index in [1.807, 2.05) is 0 Å². The predicted octanol–water partition coefficient (Wildman–Crippen LogP) is 2.98. The number of unbranched alkanes of at least 4 members (excludes halogenated alkanes) is 8. The van der Waals surface area contributed by atoms with Crippen molar-refractivity contribution in [3.63, 3.8) is 0 Å². The molecule has 0 amide bonds. The molecule has 19 heavy (non-hydrogen) atoms. The third-order valence-electron chi connectivity index (χ3n) is 3.02. The molecule has 112 valence electrons. The maximum atomic E-state index is 10.9. The van der Waals surface area contributed by atoms with Crippen LogP contribution >= 0.6 is 0 Å². The molecular weight excluding hydrogens is 268 g/mol. The number of rotatable bonds is 11. The minimum atomic E-state index is -2.61. The molecule has 0 spiro atoms. The van der Waals surface area contributed by atoms with Crippen LogP contribution in [0.1, 0.15) is 71.1 Å². The van der Waals surface area contributed by atoms with Crippen LogP contribution in [0.25, 0.3) is 0 Å². The second kappa shape index (κ2) is 12.2. The maximum Gasteiger partial charge on any atom is 0.384 e. The van der Waals surface area contributed by atoms with Gasteiger partial charge in [-0.2, -0.15) is 13.7 Å². The van der Waals surface area contributed by atoms with Crippen LogP contribution in [0, 0.1) is 0 Å². The zero-order chi connectivity index (χ0) is 14.5. The molecule has 1 N–H and O–H groups in total. The number of carbonyl (C=O) groups is 1. The SMILES string of the molecule is CCCCCCCCCCCC(C(=O)OO)=S(=O)=O. The van der Waals surface area contributed by atoms with Crippen LogP contribution in [-0.2, 0) is 20.0 Å². The van der Waals surface area contributed by atoms with Gasteiger partial charge in [-0.25, -0.2) is 4.79 Å². The van der Waals surface area contributed by atoms with E-state index >= 15 is 0 Å². The van der Waals surface area contributed by atoms with Gasteiger partial charge in [0.25, 0.3) is 0 Å². The zero-order valence-corrected chi connectivity index (χ0v) is 12.4. The number of hydrogen-bond acceptors (Lipinski definition) is 5. The zero-order valence-electron chi connectivity index (χ0n) is 11.6. The maximum absolute atomic E-state index is 10.9.